The van der Waals surface area contributed by atoms with Crippen LogP contribution in [-0.4, -0.2) is 66.8 Å². The normalized spacial score (nSPS) is 15.5. The molecule has 1 aliphatic heterocycles. The van der Waals surface area contributed by atoms with Gasteiger partial charge in [0.2, 0.25) is 0 Å². The molecule has 8 heteroatoms. The van der Waals surface area contributed by atoms with Crippen molar-refractivity contribution >= 4 is 23.6 Å². The number of aliphatic hydroxyl groups is 2. The summed E-state index contributed by atoms with van der Waals surface area (Å²) in [5, 5.41) is 20.0. The third-order valence-corrected chi connectivity index (χ3v) is 5.20. The molecule has 1 aliphatic rings. The first-order valence-electron chi connectivity index (χ1n) is 10.9. The molecule has 1 saturated heterocycles. The van der Waals surface area contributed by atoms with Crippen molar-refractivity contribution in [2.24, 2.45) is 4.99 Å². The summed E-state index contributed by atoms with van der Waals surface area (Å²) < 4.78 is 25.1. The highest BCUT2D eigenvalue weighted by Gasteiger charge is 2.20. The Bertz CT molecular complexity index is 1020. The van der Waals surface area contributed by atoms with Crippen LogP contribution in [0.5, 0.6) is 0 Å². The molecule has 0 aliphatic carbocycles. The van der Waals surface area contributed by atoms with Crippen molar-refractivity contribution < 1.29 is 28.9 Å². The van der Waals surface area contributed by atoms with Crippen molar-refractivity contribution in [3.05, 3.63) is 70.5 Å². The van der Waals surface area contributed by atoms with Crippen molar-refractivity contribution in [3.8, 4) is 0 Å². The highest BCUT2D eigenvalue weighted by Crippen LogP contribution is 2.23. The molecule has 33 heavy (non-hydrogen) atoms. The molecule has 0 atom stereocenters. The summed E-state index contributed by atoms with van der Waals surface area (Å²) in [4.78, 5) is 19.0. The van der Waals surface area contributed by atoms with E-state index in [0.29, 0.717) is 31.9 Å². The number of aliphatic imine (C=N–C) groups is 1. The predicted octanol–water partition coefficient (Wildman–Crippen LogP) is 3.43. The van der Waals surface area contributed by atoms with Gasteiger partial charge in [-0.25, -0.2) is 9.18 Å². The molecule has 2 N–H and O–H groups in total. The molecule has 1 fully saturated rings. The van der Waals surface area contributed by atoms with Gasteiger partial charge < -0.3 is 19.7 Å². The van der Waals surface area contributed by atoms with Crippen molar-refractivity contribution in [1.82, 2.24) is 4.90 Å². The van der Waals surface area contributed by atoms with Crippen LogP contribution in [-0.2, 0) is 27.2 Å². The fraction of sp³-hybridized carbons (Fsp3) is 0.360. The zero-order chi connectivity index (χ0) is 23.6. The molecule has 176 valence electrons. The van der Waals surface area contributed by atoms with Crippen LogP contribution in [0.2, 0.25) is 0 Å². The first kappa shape index (κ1) is 24.6. The fourth-order valence-corrected chi connectivity index (χ4v) is 3.49. The number of benzene rings is 2. The van der Waals surface area contributed by atoms with Gasteiger partial charge >= 0.3 is 5.97 Å². The van der Waals surface area contributed by atoms with E-state index in [1.54, 1.807) is 31.2 Å². The van der Waals surface area contributed by atoms with Crippen LogP contribution < -0.4 is 0 Å². The van der Waals surface area contributed by atoms with Gasteiger partial charge in [0.25, 0.3) is 0 Å². The van der Waals surface area contributed by atoms with Gasteiger partial charge in [0.15, 0.2) is 0 Å². The van der Waals surface area contributed by atoms with Gasteiger partial charge in [-0.15, -0.1) is 0 Å². The minimum absolute atomic E-state index is 0.00199. The van der Waals surface area contributed by atoms with E-state index in [-0.39, 0.29) is 24.4 Å². The Balaban J connectivity index is 1.93. The third kappa shape index (κ3) is 6.95. The molecule has 0 radical (unpaired) electrons. The van der Waals surface area contributed by atoms with E-state index in [0.717, 1.165) is 24.2 Å². The first-order valence-corrected chi connectivity index (χ1v) is 10.9. The number of carbonyl (C=O) groups is 1. The number of rotatable bonds is 9. The molecule has 2 aromatic carbocycles. The summed E-state index contributed by atoms with van der Waals surface area (Å²) in [5.41, 5.74) is 1.87. The first-order chi connectivity index (χ1) is 16.0. The second-order valence-electron chi connectivity index (χ2n) is 7.59. The van der Waals surface area contributed by atoms with Crippen LogP contribution >= 0.6 is 0 Å². The Hall–Kier alpha value is -3.07. The molecule has 0 aromatic heterocycles. The van der Waals surface area contributed by atoms with E-state index in [1.807, 2.05) is 6.07 Å². The smallest absolute Gasteiger partial charge is 0.343 e. The maximum absolute atomic E-state index is 14.7. The lowest BCUT2D eigenvalue weighted by Crippen LogP contribution is -2.35. The van der Waals surface area contributed by atoms with Gasteiger partial charge in [-0.3, -0.25) is 9.89 Å². The van der Waals surface area contributed by atoms with Gasteiger partial charge in [-0.05, 0) is 48.7 Å². The summed E-state index contributed by atoms with van der Waals surface area (Å²) in [5.74, 6) is -1.99. The van der Waals surface area contributed by atoms with E-state index in [1.165, 1.54) is 18.3 Å². The van der Waals surface area contributed by atoms with Crippen LogP contribution in [0.4, 0.5) is 10.1 Å². The average molecular weight is 457 g/mol. The largest absolute Gasteiger partial charge is 0.506 e. The quantitative estimate of drug-likeness (QED) is 0.260. The zero-order valence-electron chi connectivity index (χ0n) is 18.7. The summed E-state index contributed by atoms with van der Waals surface area (Å²) in [6.07, 6.45) is 1.65. The van der Waals surface area contributed by atoms with Gasteiger partial charge in [0, 0.05) is 32.5 Å². The number of hydrogen-bond acceptors (Lipinski definition) is 7. The molecule has 0 amide bonds. The predicted molar refractivity (Wildman–Crippen MR) is 124 cm³/mol. The highest BCUT2D eigenvalue weighted by atomic mass is 19.1. The van der Waals surface area contributed by atoms with Crippen molar-refractivity contribution in [1.29, 1.82) is 0 Å². The number of carbonyl (C=O) groups excluding carboxylic acids is 1. The molecular weight excluding hydrogens is 427 g/mol. The van der Waals surface area contributed by atoms with Crippen molar-refractivity contribution in [2.45, 2.75) is 19.9 Å². The number of esters is 1. The Morgan fingerprint density at radius 3 is 2.73 bits per heavy atom. The maximum atomic E-state index is 14.7. The molecule has 2 aromatic rings. The number of halogens is 1. The van der Waals surface area contributed by atoms with Crippen LogP contribution in [0.1, 0.15) is 23.6 Å². The average Bonchev–Trinajstić information content (AvgIpc) is 2.82. The number of hydrogen-bond donors (Lipinski definition) is 2. The van der Waals surface area contributed by atoms with Gasteiger partial charge in [0.05, 0.1) is 31.1 Å². The van der Waals surface area contributed by atoms with Crippen LogP contribution in [0, 0.1) is 5.82 Å². The Kier molecular flexibility index (Phi) is 9.12. The van der Waals surface area contributed by atoms with Gasteiger partial charge in [-0.1, -0.05) is 18.2 Å². The Labute approximate surface area is 192 Å². The van der Waals surface area contributed by atoms with E-state index in [4.69, 9.17) is 14.6 Å². The molecular formula is C25H29FN2O5. The molecule has 3 rings (SSSR count). The van der Waals surface area contributed by atoms with E-state index in [9.17, 15) is 14.3 Å². The molecule has 0 saturated carbocycles. The molecule has 0 unspecified atom stereocenters. The van der Waals surface area contributed by atoms with Crippen LogP contribution in [0.15, 0.2) is 53.0 Å². The standard InChI is InChI=1S/C25H29FN2O5/c1-2-33-25(31)22(16-27-20-5-3-4-18(14-20)8-11-29)24(30)21-15-19(6-7-23(21)26)17-28-9-12-32-13-10-28/h3-7,14-16,29-30H,2,8-13,17H2,1H3. The summed E-state index contributed by atoms with van der Waals surface area (Å²) in [7, 11) is 0. The number of nitrogens with zero attached hydrogens (tertiary/aromatic N) is 2. The minimum Gasteiger partial charge on any atom is -0.506 e. The zero-order valence-corrected chi connectivity index (χ0v) is 18.7. The van der Waals surface area contributed by atoms with E-state index < -0.39 is 17.5 Å². The van der Waals surface area contributed by atoms with Crippen molar-refractivity contribution in [2.75, 3.05) is 39.5 Å². The minimum atomic E-state index is -0.803. The third-order valence-electron chi connectivity index (χ3n) is 5.20. The van der Waals surface area contributed by atoms with Crippen LogP contribution in [0.25, 0.3) is 5.76 Å². The second kappa shape index (κ2) is 12.2. The van der Waals surface area contributed by atoms with E-state index in [2.05, 4.69) is 9.89 Å². The maximum Gasteiger partial charge on any atom is 0.343 e. The van der Waals surface area contributed by atoms with Gasteiger partial charge in [-0.2, -0.15) is 0 Å². The summed E-state index contributed by atoms with van der Waals surface area (Å²) in [6.45, 7) is 5.13. The topological polar surface area (TPSA) is 91.6 Å². The SMILES string of the molecule is CCOC(=O)C(C=Nc1cccc(CCO)c1)=C(O)c1cc(CN2CCOCC2)ccc1F. The monoisotopic (exact) mass is 456 g/mol. The lowest BCUT2D eigenvalue weighted by Gasteiger charge is -2.26. The highest BCUT2D eigenvalue weighted by molar-refractivity contribution is 6.15. The fourth-order valence-electron chi connectivity index (χ4n) is 3.49. The second-order valence-corrected chi connectivity index (χ2v) is 7.59. The van der Waals surface area contributed by atoms with E-state index >= 15 is 0 Å². The Morgan fingerprint density at radius 2 is 2.00 bits per heavy atom. The van der Waals surface area contributed by atoms with Crippen LogP contribution in [0.3, 0.4) is 0 Å². The lowest BCUT2D eigenvalue weighted by molar-refractivity contribution is -0.137. The summed E-state index contributed by atoms with van der Waals surface area (Å²) >= 11 is 0. The number of ether oxygens (including phenoxy) is 2. The molecule has 0 spiro atoms. The number of morpholine rings is 1. The van der Waals surface area contributed by atoms with Gasteiger partial charge in [0.1, 0.15) is 17.1 Å². The molecule has 7 nitrogen and oxygen atoms in total. The molecule has 0 bridgehead atoms. The lowest BCUT2D eigenvalue weighted by atomic mass is 10.0. The summed E-state index contributed by atoms with van der Waals surface area (Å²) in [6, 6.07) is 11.6. The number of aliphatic hydroxyl groups excluding tert-OH is 2. The molecule has 1 heterocycles. The van der Waals surface area contributed by atoms with Crippen molar-refractivity contribution in [3.63, 3.8) is 0 Å². The Morgan fingerprint density at radius 1 is 1.21 bits per heavy atom.